The third-order valence-corrected chi connectivity index (χ3v) is 7.58. The van der Waals surface area contributed by atoms with Crippen molar-refractivity contribution in [1.82, 2.24) is 10.2 Å². The van der Waals surface area contributed by atoms with E-state index in [2.05, 4.69) is 16.6 Å². The first-order chi connectivity index (χ1) is 23.5. The number of halogens is 10. The van der Waals surface area contributed by atoms with Crippen LogP contribution in [0.2, 0.25) is 0 Å². The number of alkyl halides is 7. The molecule has 0 unspecified atom stereocenters. The second kappa shape index (κ2) is 15.9. The molecule has 15 heteroatoms. The molecule has 1 atom stereocenters. The Labute approximate surface area is 280 Å². The zero-order valence-electron chi connectivity index (χ0n) is 26.1. The van der Waals surface area contributed by atoms with Gasteiger partial charge in [-0.25, -0.2) is 13.2 Å². The molecular weight excluding hydrogens is 686 g/mol. The molecule has 0 aliphatic carbocycles. The van der Waals surface area contributed by atoms with Crippen LogP contribution in [0.1, 0.15) is 22.3 Å². The van der Waals surface area contributed by atoms with Crippen LogP contribution in [-0.2, 0) is 28.0 Å². The number of hydrogen-bond acceptors (Lipinski definition) is 4. The van der Waals surface area contributed by atoms with E-state index in [-0.39, 0.29) is 29.7 Å². The van der Waals surface area contributed by atoms with E-state index in [0.717, 1.165) is 18.2 Å². The first-order valence-corrected chi connectivity index (χ1v) is 14.9. The zero-order chi connectivity index (χ0) is 36.7. The monoisotopic (exact) mass is 716 g/mol. The third kappa shape index (κ3) is 10.2. The van der Waals surface area contributed by atoms with Crippen LogP contribution in [0.25, 0.3) is 0 Å². The van der Waals surface area contributed by atoms with Gasteiger partial charge in [-0.2, -0.15) is 30.7 Å². The predicted octanol–water partition coefficient (Wildman–Crippen LogP) is 8.16. The van der Waals surface area contributed by atoms with Crippen LogP contribution in [0.15, 0.2) is 103 Å². The molecule has 0 radical (unpaired) electrons. The molecular formula is C35H30F10N2O3. The van der Waals surface area contributed by atoms with Gasteiger partial charge in [0.05, 0.1) is 24.8 Å². The first kappa shape index (κ1) is 38.2. The Hall–Kier alpha value is -4.63. The second-order valence-corrected chi connectivity index (χ2v) is 11.3. The Morgan fingerprint density at radius 3 is 2.26 bits per heavy atom. The number of amides is 1. The normalized spacial score (nSPS) is 16.0. The molecule has 3 aromatic rings. The first-order valence-electron chi connectivity index (χ1n) is 14.9. The predicted molar refractivity (Wildman–Crippen MR) is 163 cm³/mol. The van der Waals surface area contributed by atoms with E-state index < -0.39 is 65.0 Å². The van der Waals surface area contributed by atoms with Crippen molar-refractivity contribution in [2.45, 2.75) is 37.2 Å². The summed E-state index contributed by atoms with van der Waals surface area (Å²) in [5.74, 6) is -5.88. The Bertz CT molecular complexity index is 1720. The summed E-state index contributed by atoms with van der Waals surface area (Å²) in [6, 6.07) is 13.7. The lowest BCUT2D eigenvalue weighted by Crippen LogP contribution is -2.49. The number of carbonyl (C=O) groups is 1. The van der Waals surface area contributed by atoms with E-state index in [1.54, 1.807) is 30.3 Å². The highest BCUT2D eigenvalue weighted by molar-refractivity contribution is 5.96. The van der Waals surface area contributed by atoms with Crippen LogP contribution in [0, 0.1) is 11.6 Å². The summed E-state index contributed by atoms with van der Waals surface area (Å²) >= 11 is 0. The Kier molecular flexibility index (Phi) is 12.2. The molecule has 1 aliphatic heterocycles. The van der Waals surface area contributed by atoms with Gasteiger partial charge in [-0.05, 0) is 53.1 Å². The molecule has 0 aromatic heterocycles. The van der Waals surface area contributed by atoms with E-state index in [1.165, 1.54) is 12.1 Å². The van der Waals surface area contributed by atoms with Crippen molar-refractivity contribution < 1.29 is 58.2 Å². The van der Waals surface area contributed by atoms with E-state index >= 15 is 8.78 Å². The number of rotatable bonds is 13. The minimum atomic E-state index is -5.05. The summed E-state index contributed by atoms with van der Waals surface area (Å²) in [7, 11) is 0. The number of hydrogen-bond donors (Lipinski definition) is 1. The summed E-state index contributed by atoms with van der Waals surface area (Å²) in [6.45, 7) is 5.18. The van der Waals surface area contributed by atoms with E-state index in [4.69, 9.17) is 4.74 Å². The van der Waals surface area contributed by atoms with Crippen molar-refractivity contribution in [2.75, 3.05) is 26.3 Å². The third-order valence-electron chi connectivity index (χ3n) is 7.58. The fourth-order valence-corrected chi connectivity index (χ4v) is 5.23. The molecule has 4 rings (SSSR count). The van der Waals surface area contributed by atoms with Gasteiger partial charge < -0.3 is 14.8 Å². The van der Waals surface area contributed by atoms with Crippen LogP contribution in [-0.4, -0.2) is 55.8 Å². The minimum absolute atomic E-state index is 0.0523. The van der Waals surface area contributed by atoms with Crippen LogP contribution < -0.4 is 10.1 Å². The standard InChI is InChI=1S/C35H30F10N2O3/c1-22(7-9-27(36)20-34(41,42)43)31(48)46-33(19-23-5-3-2-4-6-23,26-16-28(37)18-29(17-26)50-35(44,45)32(39)40)25-8-10-30(38)24(15-25)21-47-11-13-49-14-12-47/h2-10,15-18,20,32H,1,11-14,19,21H2,(H,46,48)/t33-/m1/s1. The Morgan fingerprint density at radius 1 is 0.940 bits per heavy atom. The number of morpholine rings is 1. The fourth-order valence-electron chi connectivity index (χ4n) is 5.23. The molecule has 1 fully saturated rings. The van der Waals surface area contributed by atoms with Crippen LogP contribution in [0.5, 0.6) is 5.75 Å². The Balaban J connectivity index is 1.92. The van der Waals surface area contributed by atoms with Crippen LogP contribution in [0.4, 0.5) is 43.9 Å². The molecule has 268 valence electrons. The maximum atomic E-state index is 15.3. The van der Waals surface area contributed by atoms with Gasteiger partial charge in [-0.3, -0.25) is 9.69 Å². The zero-order valence-corrected chi connectivity index (χ0v) is 26.1. The lowest BCUT2D eigenvalue weighted by molar-refractivity contribution is -0.253. The number of carbonyl (C=O) groups excluding carboxylic acids is 1. The van der Waals surface area contributed by atoms with Gasteiger partial charge in [0.15, 0.2) is 0 Å². The van der Waals surface area contributed by atoms with Crippen LogP contribution >= 0.6 is 0 Å². The van der Waals surface area contributed by atoms with Crippen molar-refractivity contribution in [3.63, 3.8) is 0 Å². The second-order valence-electron chi connectivity index (χ2n) is 11.3. The van der Waals surface area contributed by atoms with E-state index in [9.17, 15) is 39.9 Å². The van der Waals surface area contributed by atoms with Crippen molar-refractivity contribution in [3.05, 3.63) is 137 Å². The van der Waals surface area contributed by atoms with Gasteiger partial charge in [-0.1, -0.05) is 43.0 Å². The van der Waals surface area contributed by atoms with E-state index in [0.29, 0.717) is 50.1 Å². The number of allylic oxidation sites excluding steroid dienone is 3. The Morgan fingerprint density at radius 2 is 1.62 bits per heavy atom. The smallest absolute Gasteiger partial charge is 0.428 e. The van der Waals surface area contributed by atoms with Gasteiger partial charge in [0.2, 0.25) is 0 Å². The van der Waals surface area contributed by atoms with Crippen molar-refractivity contribution in [3.8, 4) is 5.75 Å². The molecule has 0 bridgehead atoms. The molecule has 1 saturated heterocycles. The summed E-state index contributed by atoms with van der Waals surface area (Å²) in [6.07, 6.45) is -14.4. The molecule has 0 spiro atoms. The van der Waals surface area contributed by atoms with Gasteiger partial charge in [0, 0.05) is 43.3 Å². The van der Waals surface area contributed by atoms with Crippen molar-refractivity contribution in [2.24, 2.45) is 0 Å². The lowest BCUT2D eigenvalue weighted by Gasteiger charge is -2.37. The molecule has 5 nitrogen and oxygen atoms in total. The minimum Gasteiger partial charge on any atom is -0.428 e. The molecule has 1 N–H and O–H groups in total. The quantitative estimate of drug-likeness (QED) is 0.110. The summed E-state index contributed by atoms with van der Waals surface area (Å²) < 4.78 is 146. The number of benzene rings is 3. The molecule has 1 amide bonds. The van der Waals surface area contributed by atoms with Crippen LogP contribution in [0.3, 0.4) is 0 Å². The molecule has 1 aliphatic rings. The van der Waals surface area contributed by atoms with Gasteiger partial charge in [0.25, 0.3) is 5.91 Å². The average molecular weight is 717 g/mol. The van der Waals surface area contributed by atoms with Gasteiger partial charge >= 0.3 is 18.7 Å². The maximum absolute atomic E-state index is 15.3. The van der Waals surface area contributed by atoms with Gasteiger partial charge in [-0.15, -0.1) is 0 Å². The highest BCUT2D eigenvalue weighted by Gasteiger charge is 2.45. The van der Waals surface area contributed by atoms with Crippen molar-refractivity contribution in [1.29, 1.82) is 0 Å². The summed E-state index contributed by atoms with van der Waals surface area (Å²) in [5.41, 5.74) is -2.39. The highest BCUT2D eigenvalue weighted by Crippen LogP contribution is 2.39. The van der Waals surface area contributed by atoms with Crippen molar-refractivity contribution >= 4 is 5.91 Å². The topological polar surface area (TPSA) is 50.8 Å². The fraction of sp³-hybridized carbons (Fsp3) is 0.286. The number of nitrogens with one attached hydrogen (secondary N) is 1. The summed E-state index contributed by atoms with van der Waals surface area (Å²) in [4.78, 5) is 15.6. The SMILES string of the molecule is C=C(C=CC(F)=CC(F)(F)F)C(=O)N[C@@](Cc1ccccc1)(c1cc(F)cc(OC(F)(F)C(F)F)c1)c1ccc(F)c(CN2CCOCC2)c1. The average Bonchev–Trinajstić information content (AvgIpc) is 3.04. The van der Waals surface area contributed by atoms with E-state index in [1.807, 2.05) is 4.90 Å². The highest BCUT2D eigenvalue weighted by atomic mass is 19.4. The maximum Gasteiger partial charge on any atom is 0.461 e. The number of nitrogens with zero attached hydrogens (tertiary/aromatic N) is 1. The van der Waals surface area contributed by atoms with Gasteiger partial charge in [0.1, 0.15) is 23.2 Å². The molecule has 0 saturated carbocycles. The number of ether oxygens (including phenoxy) is 2. The largest absolute Gasteiger partial charge is 0.461 e. The molecule has 50 heavy (non-hydrogen) atoms. The molecule has 1 heterocycles. The molecule has 3 aromatic carbocycles. The summed E-state index contributed by atoms with van der Waals surface area (Å²) in [5, 5.41) is 2.61. The lowest BCUT2D eigenvalue weighted by atomic mass is 9.77.